The molecular weight excluding hydrogens is 386 g/mol. The Bertz CT molecular complexity index is 413. The molecule has 0 atom stereocenters. The third-order valence-corrected chi connectivity index (χ3v) is 4.40. The fourth-order valence-electron chi connectivity index (χ4n) is 1.92. The molecule has 0 radical (unpaired) electrons. The van der Waals surface area contributed by atoms with E-state index in [1.807, 2.05) is 0 Å². The van der Waals surface area contributed by atoms with Crippen molar-refractivity contribution in [2.75, 3.05) is 20.3 Å². The van der Waals surface area contributed by atoms with E-state index >= 15 is 0 Å². The second-order valence-corrected chi connectivity index (χ2v) is 6.80. The number of halogens is 2. The lowest BCUT2D eigenvalue weighted by atomic mass is 10.2. The number of methoxy groups -OCH3 is 1. The maximum atomic E-state index is 5.84. The van der Waals surface area contributed by atoms with Gasteiger partial charge in [-0.2, -0.15) is 0 Å². The van der Waals surface area contributed by atoms with Gasteiger partial charge in [0.2, 0.25) is 0 Å². The lowest BCUT2D eigenvalue weighted by molar-refractivity contribution is 0.184. The van der Waals surface area contributed by atoms with Crippen LogP contribution in [0.5, 0.6) is 5.75 Å². The van der Waals surface area contributed by atoms with Gasteiger partial charge in [-0.1, -0.05) is 0 Å². The first-order valence-electron chi connectivity index (χ1n) is 7.03. The summed E-state index contributed by atoms with van der Waals surface area (Å²) in [5.74, 6) is 0.887. The molecule has 0 spiro atoms. The third-order valence-electron chi connectivity index (χ3n) is 3.22. The summed E-state index contributed by atoms with van der Waals surface area (Å²) < 4.78 is 12.9. The Labute approximate surface area is 137 Å². The predicted octanol–water partition coefficient (Wildman–Crippen LogP) is 4.27. The molecule has 0 bridgehead atoms. The number of hydrogen-bond donors (Lipinski definition) is 1. The second-order valence-electron chi connectivity index (χ2n) is 5.09. The molecular formula is C15H21Br2NO2. The summed E-state index contributed by atoms with van der Waals surface area (Å²) in [6, 6.07) is 4.99. The Kier molecular flexibility index (Phi) is 6.81. The van der Waals surface area contributed by atoms with Crippen LogP contribution in [0.25, 0.3) is 0 Å². The van der Waals surface area contributed by atoms with Crippen molar-refractivity contribution in [2.45, 2.75) is 38.3 Å². The Morgan fingerprint density at radius 1 is 1.15 bits per heavy atom. The molecule has 0 amide bonds. The molecule has 1 saturated carbocycles. The summed E-state index contributed by atoms with van der Waals surface area (Å²) in [6.45, 7) is 2.41. The smallest absolute Gasteiger partial charge is 0.147 e. The quantitative estimate of drug-likeness (QED) is 0.621. The van der Waals surface area contributed by atoms with E-state index in [4.69, 9.17) is 9.47 Å². The Hall–Kier alpha value is -0.100. The molecule has 1 aliphatic carbocycles. The zero-order valence-corrected chi connectivity index (χ0v) is 14.9. The number of unbranched alkanes of at least 4 members (excludes halogenated alkanes) is 1. The molecule has 0 aliphatic heterocycles. The molecule has 0 heterocycles. The van der Waals surface area contributed by atoms with Gasteiger partial charge in [0.25, 0.3) is 0 Å². The van der Waals surface area contributed by atoms with Gasteiger partial charge < -0.3 is 14.8 Å². The fourth-order valence-corrected chi connectivity index (χ4v) is 3.43. The van der Waals surface area contributed by atoms with Crippen LogP contribution in [0.1, 0.15) is 31.2 Å². The van der Waals surface area contributed by atoms with Gasteiger partial charge >= 0.3 is 0 Å². The van der Waals surface area contributed by atoms with E-state index in [1.54, 1.807) is 7.11 Å². The Morgan fingerprint density at radius 2 is 1.80 bits per heavy atom. The fraction of sp³-hybridized carbons (Fsp3) is 0.600. The predicted molar refractivity (Wildman–Crippen MR) is 88.3 cm³/mol. The lowest BCUT2D eigenvalue weighted by Crippen LogP contribution is -2.15. The minimum Gasteiger partial charge on any atom is -0.491 e. The average molecular weight is 407 g/mol. The van der Waals surface area contributed by atoms with E-state index in [0.29, 0.717) is 6.61 Å². The van der Waals surface area contributed by atoms with Crippen molar-refractivity contribution in [3.8, 4) is 5.75 Å². The van der Waals surface area contributed by atoms with Gasteiger partial charge in [-0.15, -0.1) is 0 Å². The summed E-state index contributed by atoms with van der Waals surface area (Å²) in [7, 11) is 1.72. The average Bonchev–Trinajstić information content (AvgIpc) is 3.23. The highest BCUT2D eigenvalue weighted by Gasteiger charge is 2.20. The number of benzene rings is 1. The summed E-state index contributed by atoms with van der Waals surface area (Å²) >= 11 is 7.19. The third kappa shape index (κ3) is 5.35. The van der Waals surface area contributed by atoms with Crippen LogP contribution in [0.3, 0.4) is 0 Å². The topological polar surface area (TPSA) is 30.5 Å². The van der Waals surface area contributed by atoms with Crippen molar-refractivity contribution in [1.29, 1.82) is 0 Å². The van der Waals surface area contributed by atoms with Gasteiger partial charge in [-0.25, -0.2) is 0 Å². The maximum Gasteiger partial charge on any atom is 0.147 e. The molecule has 5 heteroatoms. The molecule has 0 aromatic heterocycles. The van der Waals surface area contributed by atoms with Crippen molar-refractivity contribution in [3.05, 3.63) is 26.6 Å². The highest BCUT2D eigenvalue weighted by molar-refractivity contribution is 9.11. The Balaban J connectivity index is 1.84. The van der Waals surface area contributed by atoms with E-state index in [1.165, 1.54) is 18.4 Å². The number of rotatable bonds is 9. The molecule has 1 N–H and O–H groups in total. The molecule has 20 heavy (non-hydrogen) atoms. The minimum atomic E-state index is 0.709. The SMILES string of the molecule is COCCCCOc1c(Br)cc(CNC2CC2)cc1Br. The summed E-state index contributed by atoms with van der Waals surface area (Å²) in [5, 5.41) is 3.52. The molecule has 0 saturated heterocycles. The van der Waals surface area contributed by atoms with Crippen molar-refractivity contribution in [2.24, 2.45) is 0 Å². The molecule has 3 nitrogen and oxygen atoms in total. The molecule has 1 aromatic carbocycles. The van der Waals surface area contributed by atoms with Crippen LogP contribution in [0, 0.1) is 0 Å². The number of nitrogens with one attached hydrogen (secondary N) is 1. The number of ether oxygens (including phenoxy) is 2. The van der Waals surface area contributed by atoms with Crippen molar-refractivity contribution < 1.29 is 9.47 Å². The summed E-state index contributed by atoms with van der Waals surface area (Å²) in [4.78, 5) is 0. The highest BCUT2D eigenvalue weighted by Crippen LogP contribution is 2.35. The summed E-state index contributed by atoms with van der Waals surface area (Å²) in [5.41, 5.74) is 1.27. The van der Waals surface area contributed by atoms with Crippen LogP contribution in [-0.4, -0.2) is 26.4 Å². The molecule has 1 aliphatic rings. The molecule has 112 valence electrons. The molecule has 1 aromatic rings. The van der Waals surface area contributed by atoms with Crippen LogP contribution in [0.2, 0.25) is 0 Å². The van der Waals surface area contributed by atoms with E-state index in [9.17, 15) is 0 Å². The number of hydrogen-bond acceptors (Lipinski definition) is 3. The largest absolute Gasteiger partial charge is 0.491 e. The van der Waals surface area contributed by atoms with Crippen molar-refractivity contribution >= 4 is 31.9 Å². The van der Waals surface area contributed by atoms with Crippen LogP contribution in [-0.2, 0) is 11.3 Å². The van der Waals surface area contributed by atoms with E-state index in [2.05, 4.69) is 49.3 Å². The zero-order valence-electron chi connectivity index (χ0n) is 11.8. The lowest BCUT2D eigenvalue weighted by Gasteiger charge is -2.12. The van der Waals surface area contributed by atoms with Crippen LogP contribution in [0.15, 0.2) is 21.1 Å². The van der Waals surface area contributed by atoms with Gasteiger partial charge in [-0.3, -0.25) is 0 Å². The summed E-state index contributed by atoms with van der Waals surface area (Å²) in [6.07, 6.45) is 4.64. The van der Waals surface area contributed by atoms with Crippen LogP contribution < -0.4 is 10.1 Å². The monoisotopic (exact) mass is 405 g/mol. The zero-order chi connectivity index (χ0) is 14.4. The standard InChI is InChI=1S/C15H21Br2NO2/c1-19-6-2-3-7-20-15-13(16)8-11(9-14(15)17)10-18-12-4-5-12/h8-9,12,18H,2-7,10H2,1H3. The second kappa shape index (κ2) is 8.37. The van der Waals surface area contributed by atoms with E-state index < -0.39 is 0 Å². The normalized spacial score (nSPS) is 14.6. The first-order valence-corrected chi connectivity index (χ1v) is 8.62. The first kappa shape index (κ1) is 16.3. The highest BCUT2D eigenvalue weighted by atomic mass is 79.9. The first-order chi connectivity index (χ1) is 9.70. The van der Waals surface area contributed by atoms with Crippen LogP contribution in [0.4, 0.5) is 0 Å². The molecule has 2 rings (SSSR count). The van der Waals surface area contributed by atoms with Crippen LogP contribution >= 0.6 is 31.9 Å². The van der Waals surface area contributed by atoms with Gasteiger partial charge in [0.15, 0.2) is 0 Å². The Morgan fingerprint density at radius 3 is 2.40 bits per heavy atom. The van der Waals surface area contributed by atoms with Crippen molar-refractivity contribution in [3.63, 3.8) is 0 Å². The van der Waals surface area contributed by atoms with Crippen molar-refractivity contribution in [1.82, 2.24) is 5.32 Å². The maximum absolute atomic E-state index is 5.84. The minimum absolute atomic E-state index is 0.709. The van der Waals surface area contributed by atoms with Gasteiger partial charge in [0.1, 0.15) is 5.75 Å². The van der Waals surface area contributed by atoms with Gasteiger partial charge in [0, 0.05) is 26.3 Å². The van der Waals surface area contributed by atoms with E-state index in [0.717, 1.165) is 46.7 Å². The van der Waals surface area contributed by atoms with Gasteiger partial charge in [0.05, 0.1) is 15.6 Å². The van der Waals surface area contributed by atoms with E-state index in [-0.39, 0.29) is 0 Å². The molecule has 0 unspecified atom stereocenters. The van der Waals surface area contributed by atoms with Gasteiger partial charge in [-0.05, 0) is 75.2 Å². The molecule has 1 fully saturated rings.